The van der Waals surface area contributed by atoms with E-state index in [9.17, 15) is 19.7 Å². The monoisotopic (exact) mass is 386 g/mol. The zero-order valence-electron chi connectivity index (χ0n) is 15.2. The Hall–Kier alpha value is -3.95. The molecule has 2 aromatic rings. The maximum absolute atomic E-state index is 11.9. The van der Waals surface area contributed by atoms with Crippen molar-refractivity contribution in [1.82, 2.24) is 0 Å². The molecule has 0 fully saturated rings. The Kier molecular flexibility index (Phi) is 7.03. The van der Waals surface area contributed by atoms with Crippen LogP contribution in [0.15, 0.2) is 47.6 Å². The van der Waals surface area contributed by atoms with Crippen molar-refractivity contribution < 1.29 is 24.1 Å². The summed E-state index contributed by atoms with van der Waals surface area (Å²) in [6.07, 6.45) is 0.819. The van der Waals surface area contributed by atoms with Crippen LogP contribution in [0.4, 0.5) is 17.1 Å². The fraction of sp³-hybridized carbons (Fsp3) is 0.167. The summed E-state index contributed by atoms with van der Waals surface area (Å²) in [6, 6.07) is 10.7. The molecule has 2 N–H and O–H groups in total. The molecule has 0 aromatic heterocycles. The van der Waals surface area contributed by atoms with Gasteiger partial charge in [0.2, 0.25) is 0 Å². The second kappa shape index (κ2) is 9.67. The number of benzene rings is 2. The zero-order valence-corrected chi connectivity index (χ0v) is 15.2. The number of nitro benzene ring substituents is 1. The number of nitrogens with one attached hydrogen (secondary N) is 2. The third-order valence-electron chi connectivity index (χ3n) is 3.39. The van der Waals surface area contributed by atoms with Crippen LogP contribution in [-0.4, -0.2) is 36.7 Å². The first-order valence-corrected chi connectivity index (χ1v) is 8.04. The molecular weight excluding hydrogens is 368 g/mol. The van der Waals surface area contributed by atoms with E-state index in [4.69, 9.17) is 9.57 Å². The average molecular weight is 386 g/mol. The molecule has 2 aromatic carbocycles. The number of rotatable bonds is 8. The van der Waals surface area contributed by atoms with Gasteiger partial charge in [-0.25, -0.2) is 0 Å². The van der Waals surface area contributed by atoms with Crippen molar-refractivity contribution >= 4 is 35.1 Å². The van der Waals surface area contributed by atoms with Crippen LogP contribution in [0.25, 0.3) is 0 Å². The van der Waals surface area contributed by atoms with Crippen molar-refractivity contribution in [2.45, 2.75) is 6.92 Å². The fourth-order valence-electron chi connectivity index (χ4n) is 2.16. The van der Waals surface area contributed by atoms with Gasteiger partial charge in [0, 0.05) is 17.8 Å². The number of nitrogens with zero attached hydrogens (tertiary/aromatic N) is 2. The summed E-state index contributed by atoms with van der Waals surface area (Å²) in [4.78, 5) is 38.5. The first-order chi connectivity index (χ1) is 13.4. The van der Waals surface area contributed by atoms with Gasteiger partial charge in [-0.2, -0.15) is 0 Å². The number of hydrogen-bond acceptors (Lipinski definition) is 7. The van der Waals surface area contributed by atoms with Crippen LogP contribution < -0.4 is 15.4 Å². The number of carbonyl (C=O) groups is 2. The molecule has 0 saturated carbocycles. The predicted octanol–water partition coefficient (Wildman–Crippen LogP) is 2.49. The van der Waals surface area contributed by atoms with Gasteiger partial charge in [-0.1, -0.05) is 17.3 Å². The van der Waals surface area contributed by atoms with Gasteiger partial charge >= 0.3 is 0 Å². The molecule has 0 aliphatic heterocycles. The summed E-state index contributed by atoms with van der Waals surface area (Å²) in [6.45, 7) is 1.45. The van der Waals surface area contributed by atoms with Crippen LogP contribution in [0.2, 0.25) is 0 Å². The molecule has 10 nitrogen and oxygen atoms in total. The number of oxime groups is 1. The molecule has 0 radical (unpaired) electrons. The van der Waals surface area contributed by atoms with E-state index in [0.29, 0.717) is 11.4 Å². The Morgan fingerprint density at radius 2 is 2.00 bits per heavy atom. The van der Waals surface area contributed by atoms with Crippen molar-refractivity contribution in [3.8, 4) is 5.75 Å². The predicted molar refractivity (Wildman–Crippen MR) is 103 cm³/mol. The van der Waals surface area contributed by atoms with E-state index in [1.165, 1.54) is 31.4 Å². The van der Waals surface area contributed by atoms with Crippen molar-refractivity contribution in [2.75, 3.05) is 24.4 Å². The van der Waals surface area contributed by atoms with Crippen molar-refractivity contribution in [3.63, 3.8) is 0 Å². The molecule has 0 saturated heterocycles. The van der Waals surface area contributed by atoms with Gasteiger partial charge in [-0.15, -0.1) is 0 Å². The number of methoxy groups -OCH3 is 1. The normalized spacial score (nSPS) is 10.4. The Morgan fingerprint density at radius 3 is 2.71 bits per heavy atom. The zero-order chi connectivity index (χ0) is 20.5. The van der Waals surface area contributed by atoms with Gasteiger partial charge < -0.3 is 20.2 Å². The molecule has 146 valence electrons. The van der Waals surface area contributed by atoms with E-state index in [2.05, 4.69) is 15.8 Å². The third-order valence-corrected chi connectivity index (χ3v) is 3.39. The minimum absolute atomic E-state index is 0.158. The van der Waals surface area contributed by atoms with E-state index < -0.39 is 23.3 Å². The lowest BCUT2D eigenvalue weighted by atomic mass is 10.2. The highest BCUT2D eigenvalue weighted by Gasteiger charge is 2.09. The van der Waals surface area contributed by atoms with E-state index in [0.717, 1.165) is 11.8 Å². The van der Waals surface area contributed by atoms with Crippen molar-refractivity contribution in [2.24, 2.45) is 5.16 Å². The van der Waals surface area contributed by atoms with Crippen LogP contribution in [0, 0.1) is 17.0 Å². The van der Waals surface area contributed by atoms with E-state index >= 15 is 0 Å². The molecule has 2 amide bonds. The van der Waals surface area contributed by atoms with Crippen LogP contribution in [0.3, 0.4) is 0 Å². The first-order valence-electron chi connectivity index (χ1n) is 8.04. The van der Waals surface area contributed by atoms with Crippen LogP contribution in [0.5, 0.6) is 5.75 Å². The van der Waals surface area contributed by atoms with Gasteiger partial charge in [-0.3, -0.25) is 19.7 Å². The van der Waals surface area contributed by atoms with Crippen LogP contribution >= 0.6 is 0 Å². The third kappa shape index (κ3) is 6.09. The maximum atomic E-state index is 11.9. The molecule has 0 unspecified atom stereocenters. The fourth-order valence-corrected chi connectivity index (χ4v) is 2.16. The lowest BCUT2D eigenvalue weighted by Gasteiger charge is -2.10. The standard InChI is InChI=1S/C18H18N4O6/c1-12-6-7-16(27-2)15(8-12)21-18(24)11-28-19-10-17(23)20-13-4-3-5-14(9-13)22(25)26/h3-10H,11H2,1-2H3,(H,20,23)(H,21,24)/b19-10-. The first kappa shape index (κ1) is 20.4. The van der Waals surface area contributed by atoms with Gasteiger partial charge in [0.25, 0.3) is 17.5 Å². The van der Waals surface area contributed by atoms with Gasteiger partial charge in [0.05, 0.1) is 17.7 Å². The number of anilines is 2. The maximum Gasteiger partial charge on any atom is 0.271 e. The second-order valence-electron chi connectivity index (χ2n) is 5.56. The largest absolute Gasteiger partial charge is 0.495 e. The molecule has 28 heavy (non-hydrogen) atoms. The highest BCUT2D eigenvalue weighted by atomic mass is 16.6. The smallest absolute Gasteiger partial charge is 0.271 e. The number of aryl methyl sites for hydroxylation is 1. The number of carbonyl (C=O) groups excluding carboxylic acids is 2. The molecule has 10 heteroatoms. The quantitative estimate of drug-likeness (QED) is 0.407. The SMILES string of the molecule is COc1ccc(C)cc1NC(=O)CO/N=C\C(=O)Nc1cccc([N+](=O)[O-])c1. The molecule has 0 aliphatic carbocycles. The van der Waals surface area contributed by atoms with Gasteiger partial charge in [-0.05, 0) is 30.7 Å². The molecule has 2 rings (SSSR count). The van der Waals surface area contributed by atoms with Crippen LogP contribution in [-0.2, 0) is 14.4 Å². The summed E-state index contributed by atoms with van der Waals surface area (Å²) in [5, 5.41) is 19.1. The van der Waals surface area contributed by atoms with E-state index in [1.807, 2.05) is 13.0 Å². The van der Waals surface area contributed by atoms with E-state index in [-0.39, 0.29) is 11.4 Å². The number of nitro groups is 1. The molecule has 0 spiro atoms. The number of hydrogen-bond donors (Lipinski definition) is 2. The van der Waals surface area contributed by atoms with Gasteiger partial charge in [0.1, 0.15) is 12.0 Å². The summed E-state index contributed by atoms with van der Waals surface area (Å²) >= 11 is 0. The summed E-state index contributed by atoms with van der Waals surface area (Å²) in [5.41, 5.74) is 1.50. The number of amides is 2. The lowest BCUT2D eigenvalue weighted by Crippen LogP contribution is -2.18. The number of non-ortho nitro benzene ring substituents is 1. The van der Waals surface area contributed by atoms with E-state index in [1.54, 1.807) is 12.1 Å². The minimum atomic E-state index is -0.666. The molecule has 0 atom stereocenters. The minimum Gasteiger partial charge on any atom is -0.495 e. The lowest BCUT2D eigenvalue weighted by molar-refractivity contribution is -0.384. The number of ether oxygens (including phenoxy) is 1. The van der Waals surface area contributed by atoms with Crippen LogP contribution in [0.1, 0.15) is 5.56 Å². The highest BCUT2D eigenvalue weighted by molar-refractivity contribution is 6.31. The van der Waals surface area contributed by atoms with Gasteiger partial charge in [0.15, 0.2) is 6.61 Å². The Labute approximate surface area is 160 Å². The van der Waals surface area contributed by atoms with Crippen molar-refractivity contribution in [1.29, 1.82) is 0 Å². The molecular formula is C18H18N4O6. The second-order valence-corrected chi connectivity index (χ2v) is 5.56. The summed E-state index contributed by atoms with van der Waals surface area (Å²) in [5.74, 6) is -0.653. The Bertz CT molecular complexity index is 913. The van der Waals surface area contributed by atoms with Crippen molar-refractivity contribution in [3.05, 3.63) is 58.1 Å². The summed E-state index contributed by atoms with van der Waals surface area (Å²) < 4.78 is 5.16. The summed E-state index contributed by atoms with van der Waals surface area (Å²) in [7, 11) is 1.49. The Balaban J connectivity index is 1.82. The molecule has 0 aliphatic rings. The highest BCUT2D eigenvalue weighted by Crippen LogP contribution is 2.25. The molecule has 0 heterocycles. The topological polar surface area (TPSA) is 132 Å². The average Bonchev–Trinajstić information content (AvgIpc) is 2.65. The Morgan fingerprint density at radius 1 is 1.21 bits per heavy atom. The molecule has 0 bridgehead atoms.